The molecule has 0 aliphatic carbocycles. The van der Waals surface area contributed by atoms with Crippen LogP contribution >= 0.6 is 0 Å². The summed E-state index contributed by atoms with van der Waals surface area (Å²) in [4.78, 5) is 11.8. The van der Waals surface area contributed by atoms with E-state index in [1.165, 1.54) is 0 Å². The Morgan fingerprint density at radius 3 is 2.44 bits per heavy atom. The van der Waals surface area contributed by atoms with E-state index < -0.39 is 6.10 Å². The van der Waals surface area contributed by atoms with Gasteiger partial charge in [-0.3, -0.25) is 4.79 Å². The molecule has 0 aliphatic heterocycles. The zero-order chi connectivity index (χ0) is 11.5. The molecule has 0 spiro atoms. The van der Waals surface area contributed by atoms with Gasteiger partial charge in [-0.2, -0.15) is 0 Å². The predicted octanol–water partition coefficient (Wildman–Crippen LogP) is 2.50. The minimum Gasteiger partial charge on any atom is -0.463 e. The number of hydrogen-bond donors (Lipinski definition) is 1. The van der Waals surface area contributed by atoms with Gasteiger partial charge < -0.3 is 9.52 Å². The average molecular weight is 216 g/mol. The smallest absolute Gasteiger partial charge is 0.199 e. The van der Waals surface area contributed by atoms with E-state index in [0.29, 0.717) is 11.3 Å². The molecule has 1 heterocycles. The number of furan rings is 1. The quantitative estimate of drug-likeness (QED) is 0.802. The standard InChI is InChI=1S/C13H12O3/c1-9-7-8-11(16-9)13(15)12(14)10-5-3-2-4-6-10/h2-8,13,15H,1H3/t13-/m1/s1. The molecule has 0 amide bonds. The van der Waals surface area contributed by atoms with Gasteiger partial charge in [-0.25, -0.2) is 0 Å². The second kappa shape index (κ2) is 4.33. The Hall–Kier alpha value is -1.87. The van der Waals surface area contributed by atoms with Crippen molar-refractivity contribution in [2.75, 3.05) is 0 Å². The second-order valence-corrected chi connectivity index (χ2v) is 3.58. The largest absolute Gasteiger partial charge is 0.463 e. The summed E-state index contributed by atoms with van der Waals surface area (Å²) < 4.78 is 5.22. The van der Waals surface area contributed by atoms with Crippen molar-refractivity contribution in [3.05, 3.63) is 59.5 Å². The zero-order valence-electron chi connectivity index (χ0n) is 8.88. The van der Waals surface area contributed by atoms with Crippen molar-refractivity contribution in [1.82, 2.24) is 0 Å². The van der Waals surface area contributed by atoms with E-state index in [1.54, 1.807) is 43.3 Å². The third-order valence-electron chi connectivity index (χ3n) is 2.34. The first-order chi connectivity index (χ1) is 7.68. The Morgan fingerprint density at radius 2 is 1.88 bits per heavy atom. The number of benzene rings is 1. The van der Waals surface area contributed by atoms with E-state index >= 15 is 0 Å². The molecule has 2 rings (SSSR count). The number of carbonyl (C=O) groups excluding carboxylic acids is 1. The van der Waals surface area contributed by atoms with Gasteiger partial charge in [0.1, 0.15) is 11.5 Å². The van der Waals surface area contributed by atoms with Gasteiger partial charge in [0.2, 0.25) is 0 Å². The summed E-state index contributed by atoms with van der Waals surface area (Å²) >= 11 is 0. The number of hydrogen-bond acceptors (Lipinski definition) is 3. The van der Waals surface area contributed by atoms with Gasteiger partial charge in [0.05, 0.1) is 0 Å². The topological polar surface area (TPSA) is 50.4 Å². The molecule has 16 heavy (non-hydrogen) atoms. The van der Waals surface area contributed by atoms with Crippen LogP contribution in [-0.4, -0.2) is 10.9 Å². The molecule has 1 N–H and O–H groups in total. The monoisotopic (exact) mass is 216 g/mol. The zero-order valence-corrected chi connectivity index (χ0v) is 8.88. The molecular formula is C13H12O3. The van der Waals surface area contributed by atoms with Crippen molar-refractivity contribution in [3.8, 4) is 0 Å². The van der Waals surface area contributed by atoms with Gasteiger partial charge in [0.25, 0.3) is 0 Å². The minimum atomic E-state index is -1.23. The average Bonchev–Trinajstić information content (AvgIpc) is 2.75. The Morgan fingerprint density at radius 1 is 1.19 bits per heavy atom. The van der Waals surface area contributed by atoms with E-state index in [2.05, 4.69) is 0 Å². The molecule has 0 saturated carbocycles. The van der Waals surface area contributed by atoms with Crippen LogP contribution in [0.1, 0.15) is 28.0 Å². The molecule has 82 valence electrons. The van der Waals surface area contributed by atoms with Gasteiger partial charge >= 0.3 is 0 Å². The highest BCUT2D eigenvalue weighted by Crippen LogP contribution is 2.20. The summed E-state index contributed by atoms with van der Waals surface area (Å²) in [6.07, 6.45) is -1.23. The Labute approximate surface area is 93.3 Å². The summed E-state index contributed by atoms with van der Waals surface area (Å²) in [6, 6.07) is 12.0. The first kappa shape index (κ1) is 10.6. The van der Waals surface area contributed by atoms with Crippen molar-refractivity contribution in [2.24, 2.45) is 0 Å². The fourth-order valence-corrected chi connectivity index (χ4v) is 1.49. The summed E-state index contributed by atoms with van der Waals surface area (Å²) in [5.41, 5.74) is 0.476. The SMILES string of the molecule is Cc1ccc([C@@H](O)C(=O)c2ccccc2)o1. The van der Waals surface area contributed by atoms with Gasteiger partial charge in [-0.15, -0.1) is 0 Å². The number of aryl methyl sites for hydroxylation is 1. The van der Waals surface area contributed by atoms with Gasteiger partial charge in [-0.1, -0.05) is 30.3 Å². The summed E-state index contributed by atoms with van der Waals surface area (Å²) in [5.74, 6) is 0.608. The maximum atomic E-state index is 11.8. The molecular weight excluding hydrogens is 204 g/mol. The van der Waals surface area contributed by atoms with Crippen LogP contribution < -0.4 is 0 Å². The lowest BCUT2D eigenvalue weighted by atomic mass is 10.1. The van der Waals surface area contributed by atoms with E-state index in [1.807, 2.05) is 6.07 Å². The van der Waals surface area contributed by atoms with E-state index in [-0.39, 0.29) is 11.5 Å². The van der Waals surface area contributed by atoms with Crippen molar-refractivity contribution in [3.63, 3.8) is 0 Å². The summed E-state index contributed by atoms with van der Waals surface area (Å²) in [5, 5.41) is 9.81. The normalized spacial score (nSPS) is 12.4. The first-order valence-corrected chi connectivity index (χ1v) is 5.02. The molecule has 2 aromatic rings. The number of ketones is 1. The lowest BCUT2D eigenvalue weighted by Crippen LogP contribution is -2.11. The van der Waals surface area contributed by atoms with Crippen LogP contribution in [0.5, 0.6) is 0 Å². The fourth-order valence-electron chi connectivity index (χ4n) is 1.49. The highest BCUT2D eigenvalue weighted by Gasteiger charge is 2.21. The summed E-state index contributed by atoms with van der Waals surface area (Å²) in [7, 11) is 0. The lowest BCUT2D eigenvalue weighted by molar-refractivity contribution is 0.0701. The molecule has 1 aromatic heterocycles. The minimum absolute atomic E-state index is 0.284. The van der Waals surface area contributed by atoms with Crippen molar-refractivity contribution in [1.29, 1.82) is 0 Å². The Kier molecular flexibility index (Phi) is 2.88. The van der Waals surface area contributed by atoms with Crippen LogP contribution in [0, 0.1) is 6.92 Å². The number of aliphatic hydroxyl groups is 1. The van der Waals surface area contributed by atoms with Gasteiger partial charge in [0.15, 0.2) is 11.9 Å². The van der Waals surface area contributed by atoms with Gasteiger partial charge in [-0.05, 0) is 19.1 Å². The molecule has 0 saturated heterocycles. The first-order valence-electron chi connectivity index (χ1n) is 5.02. The number of carbonyl (C=O) groups is 1. The molecule has 1 atom stereocenters. The van der Waals surface area contributed by atoms with Crippen LogP contribution in [0.4, 0.5) is 0 Å². The molecule has 0 fully saturated rings. The van der Waals surface area contributed by atoms with Crippen molar-refractivity contribution < 1.29 is 14.3 Å². The molecule has 0 radical (unpaired) electrons. The predicted molar refractivity (Wildman–Crippen MR) is 59.2 cm³/mol. The van der Waals surface area contributed by atoms with Crippen LogP contribution in [0.15, 0.2) is 46.9 Å². The third-order valence-corrected chi connectivity index (χ3v) is 2.34. The van der Waals surface area contributed by atoms with Crippen LogP contribution in [0.25, 0.3) is 0 Å². The van der Waals surface area contributed by atoms with Gasteiger partial charge in [0, 0.05) is 5.56 Å². The van der Waals surface area contributed by atoms with Crippen LogP contribution in [0.3, 0.4) is 0 Å². The van der Waals surface area contributed by atoms with Crippen molar-refractivity contribution >= 4 is 5.78 Å². The Balaban J connectivity index is 2.23. The van der Waals surface area contributed by atoms with Crippen LogP contribution in [0.2, 0.25) is 0 Å². The molecule has 3 heteroatoms. The van der Waals surface area contributed by atoms with Crippen LogP contribution in [-0.2, 0) is 0 Å². The van der Waals surface area contributed by atoms with E-state index in [4.69, 9.17) is 4.42 Å². The highest BCUT2D eigenvalue weighted by molar-refractivity contribution is 5.99. The maximum absolute atomic E-state index is 11.8. The number of rotatable bonds is 3. The van der Waals surface area contributed by atoms with Crippen molar-refractivity contribution in [2.45, 2.75) is 13.0 Å². The highest BCUT2D eigenvalue weighted by atomic mass is 16.4. The third kappa shape index (κ3) is 2.04. The molecule has 0 unspecified atom stereocenters. The summed E-state index contributed by atoms with van der Waals surface area (Å²) in [6.45, 7) is 1.77. The number of aliphatic hydroxyl groups excluding tert-OH is 1. The molecule has 3 nitrogen and oxygen atoms in total. The fraction of sp³-hybridized carbons (Fsp3) is 0.154. The number of Topliss-reactive ketones (excluding diaryl/α,β-unsaturated/α-hetero) is 1. The van der Waals surface area contributed by atoms with E-state index in [0.717, 1.165) is 0 Å². The molecule has 1 aromatic carbocycles. The molecule has 0 aliphatic rings. The maximum Gasteiger partial charge on any atom is 0.199 e. The molecule has 0 bridgehead atoms. The van der Waals surface area contributed by atoms with E-state index in [9.17, 15) is 9.90 Å². The Bertz CT molecular complexity index is 485. The lowest BCUT2D eigenvalue weighted by Gasteiger charge is -2.06. The second-order valence-electron chi connectivity index (χ2n) is 3.58.